The van der Waals surface area contributed by atoms with Gasteiger partial charge in [0.25, 0.3) is 23.6 Å². The Morgan fingerprint density at radius 1 is 0.431 bits per heavy atom. The van der Waals surface area contributed by atoms with Gasteiger partial charge in [-0.3, -0.25) is 19.2 Å². The van der Waals surface area contributed by atoms with Gasteiger partial charge in [0.15, 0.2) is 29.0 Å². The van der Waals surface area contributed by atoms with Crippen molar-refractivity contribution in [1.29, 1.82) is 0 Å². The second-order valence-corrected chi connectivity index (χ2v) is 37.7. The quantitative estimate of drug-likeness (QED) is 0.0107. The zero-order chi connectivity index (χ0) is 93.2. The number of amides is 4. The minimum Gasteiger partial charge on any atom is -0.464 e. The van der Waals surface area contributed by atoms with Gasteiger partial charge < -0.3 is 102 Å². The molecule has 7 heterocycles. The molecule has 710 valence electrons. The summed E-state index contributed by atoms with van der Waals surface area (Å²) in [6.45, 7) is 25.0. The molecule has 1 saturated heterocycles. The molecule has 8 unspecified atom stereocenters. The van der Waals surface area contributed by atoms with Crippen LogP contribution in [0.15, 0.2) is 72.8 Å². The fourth-order valence-electron chi connectivity index (χ4n) is 18.2. The third kappa shape index (κ3) is 27.5. The Morgan fingerprint density at radius 3 is 1.14 bits per heavy atom. The molecule has 7 N–H and O–H groups in total. The summed E-state index contributed by atoms with van der Waals surface area (Å²) in [6, 6.07) is 22.5. The molecule has 34 nitrogen and oxygen atoms in total. The predicted molar refractivity (Wildman–Crippen MR) is 488 cm³/mol. The molecular formula is C96H134N12O22. The topological polar surface area (TPSA) is 425 Å². The highest BCUT2D eigenvalue weighted by Crippen LogP contribution is 2.40. The number of imidazole rings is 3. The number of esters is 2. The standard InChI is InChI=1S/C58H78N8O13.C21H24N4O5.C17H32O4/c1-9-44-61-50-52(65(44)34-56(3,4)71)40-21-11-13-23-42(40)59-54(50)63-46(67)30-74-32-48(69)76-27-36-17-15-19-38(25-36)78-58(7,8)79-39-20-16-18-37(26-39)28-77-49(70)33-75-31-47(68)64-55-51-53(41-22-12-14-24-43(41)60-55)66(35-57(5,6)72)45(62-51)29-73-10-2;1-4-29-9-15-23-18-19(24(15)12-21(2,3)28)13-7-5-6-8-14(13)22-20(18)25-16(26)10-30-11-17(25)27;1-17(2,20-15-7-3-5-13(9-15)11-18)21-16-8-4-6-14(10-16)12-19/h11-14,21-24,36-39,71-72H,9-10,15-20,25-35H2,1-8H3,(H,59,63,67)(H,60,64,68);5-8,28H,4,9-12H2,1-3H3;13-16,18-19H,3-12H2,1-2H3. The number of carbonyl (C=O) groups excluding carboxylic acids is 6. The average Bonchev–Trinajstić information content (AvgIpc) is 1.18. The number of hydrogen-bond donors (Lipinski definition) is 7. The van der Waals surface area contributed by atoms with E-state index in [-0.39, 0.29) is 120 Å². The van der Waals surface area contributed by atoms with Crippen molar-refractivity contribution in [2.75, 3.05) is 94.8 Å². The molecule has 14 rings (SSSR count). The number of para-hydroxylation sites is 3. The van der Waals surface area contributed by atoms with E-state index in [0.29, 0.717) is 107 Å². The monoisotopic (exact) mass is 1810 g/mol. The number of carbonyl (C=O) groups is 6. The smallest absolute Gasteiger partial charge is 0.332 e. The molecule has 8 atom stereocenters. The molecule has 3 aromatic carbocycles. The Hall–Kier alpha value is -9.24. The first-order valence-electron chi connectivity index (χ1n) is 46.1. The zero-order valence-corrected chi connectivity index (χ0v) is 77.7. The molecule has 0 bridgehead atoms. The molecule has 34 heteroatoms. The van der Waals surface area contributed by atoms with Crippen LogP contribution in [-0.2, 0) is 120 Å². The second kappa shape index (κ2) is 45.0. The van der Waals surface area contributed by atoms with Crippen molar-refractivity contribution in [2.45, 2.75) is 285 Å². The van der Waals surface area contributed by atoms with Crippen LogP contribution in [0.4, 0.5) is 17.5 Å². The lowest BCUT2D eigenvalue weighted by molar-refractivity contribution is -0.269. The number of ether oxygens (including phenoxy) is 11. The molecule has 6 aromatic heterocycles. The third-order valence-electron chi connectivity index (χ3n) is 23.6. The van der Waals surface area contributed by atoms with E-state index in [1.807, 2.05) is 135 Å². The molecule has 0 spiro atoms. The molecule has 5 aliphatic rings. The van der Waals surface area contributed by atoms with Gasteiger partial charge in [-0.15, -0.1) is 0 Å². The van der Waals surface area contributed by atoms with E-state index >= 15 is 0 Å². The molecule has 1 aliphatic heterocycles. The van der Waals surface area contributed by atoms with Crippen LogP contribution in [0.2, 0.25) is 0 Å². The van der Waals surface area contributed by atoms with Crippen molar-refractivity contribution >= 4 is 119 Å². The van der Waals surface area contributed by atoms with Gasteiger partial charge in [0.05, 0.1) is 107 Å². The maximum Gasteiger partial charge on any atom is 0.332 e. The van der Waals surface area contributed by atoms with Gasteiger partial charge >= 0.3 is 11.9 Å². The molecule has 9 aromatic rings. The summed E-state index contributed by atoms with van der Waals surface area (Å²) in [6.07, 6.45) is 15.8. The van der Waals surface area contributed by atoms with Crippen LogP contribution in [0.25, 0.3) is 65.8 Å². The molecule has 4 saturated carbocycles. The summed E-state index contributed by atoms with van der Waals surface area (Å²) in [5.41, 5.74) is 2.32. The van der Waals surface area contributed by atoms with E-state index in [1.54, 1.807) is 41.5 Å². The minimum absolute atomic E-state index is 0.0718. The minimum atomic E-state index is -1.07. The number of fused-ring (bicyclic) bond motifs is 9. The number of aliphatic hydroxyl groups is 5. The number of morpholine rings is 1. The van der Waals surface area contributed by atoms with E-state index in [1.165, 1.54) is 0 Å². The Morgan fingerprint density at radius 2 is 0.769 bits per heavy atom. The fraction of sp³-hybridized carbons (Fsp3) is 0.625. The Balaban J connectivity index is 0.000000241. The maximum absolute atomic E-state index is 13.2. The number of aryl methyl sites for hydroxylation is 1. The van der Waals surface area contributed by atoms with Crippen LogP contribution in [-0.4, -0.2) is 237 Å². The largest absolute Gasteiger partial charge is 0.464 e. The van der Waals surface area contributed by atoms with Crippen molar-refractivity contribution in [3.63, 3.8) is 0 Å². The number of aliphatic hydroxyl groups excluding tert-OH is 2. The van der Waals surface area contributed by atoms with Gasteiger partial charge in [0.1, 0.15) is 86.9 Å². The highest BCUT2D eigenvalue weighted by Gasteiger charge is 2.39. The Bertz CT molecular complexity index is 5310. The van der Waals surface area contributed by atoms with Gasteiger partial charge in [-0.2, -0.15) is 0 Å². The van der Waals surface area contributed by atoms with E-state index in [0.717, 1.165) is 122 Å². The first-order chi connectivity index (χ1) is 62.0. The van der Waals surface area contributed by atoms with Crippen molar-refractivity contribution in [2.24, 2.45) is 23.7 Å². The normalized spacial score (nSPS) is 20.4. The van der Waals surface area contributed by atoms with Crippen molar-refractivity contribution in [3.8, 4) is 0 Å². The second-order valence-electron chi connectivity index (χ2n) is 37.7. The molecule has 5 fully saturated rings. The number of imide groups is 1. The van der Waals surface area contributed by atoms with Crippen LogP contribution >= 0.6 is 0 Å². The summed E-state index contributed by atoms with van der Waals surface area (Å²) >= 11 is 0. The van der Waals surface area contributed by atoms with Crippen molar-refractivity contribution in [1.82, 2.24) is 43.6 Å². The van der Waals surface area contributed by atoms with Crippen molar-refractivity contribution in [3.05, 3.63) is 90.3 Å². The first kappa shape index (κ1) is 99.8. The zero-order valence-electron chi connectivity index (χ0n) is 77.7. The summed E-state index contributed by atoms with van der Waals surface area (Å²) < 4.78 is 69.8. The van der Waals surface area contributed by atoms with Crippen LogP contribution in [0.5, 0.6) is 0 Å². The van der Waals surface area contributed by atoms with Crippen LogP contribution in [0.1, 0.15) is 210 Å². The first-order valence-corrected chi connectivity index (χ1v) is 46.1. The van der Waals surface area contributed by atoms with E-state index in [2.05, 4.69) is 15.6 Å². The van der Waals surface area contributed by atoms with Crippen LogP contribution in [0, 0.1) is 23.7 Å². The summed E-state index contributed by atoms with van der Waals surface area (Å²) in [5, 5.41) is 58.8. The number of nitrogens with zero attached hydrogens (tertiary/aromatic N) is 10. The lowest BCUT2D eigenvalue weighted by Gasteiger charge is -2.39. The highest BCUT2D eigenvalue weighted by molar-refractivity contribution is 6.21. The Labute approximate surface area is 758 Å². The number of rotatable bonds is 38. The number of pyridine rings is 3. The predicted octanol–water partition coefficient (Wildman–Crippen LogP) is 12.3. The van der Waals surface area contributed by atoms with Gasteiger partial charge in [0.2, 0.25) is 0 Å². The van der Waals surface area contributed by atoms with E-state index < -0.39 is 90.4 Å². The SMILES string of the molecule is CC(C)(OC1CCCC(CO)C1)OC1CCCC(CO)C1.CCOCc1nc2c(N3C(=O)COCC3=O)nc3ccccc3c2n1CC(C)(C)O.CCOCc1nc2c(NC(=O)COCC(=O)OCC3CCCC(OC(C)(C)OC4CCCC(COC(=O)COCC(=O)Nc5nc6ccccc6c6c5nc(CC)n6CC(C)(C)O)C4)C3)nc3ccccc3c2n1CC(C)(C)O. The number of hydrogen-bond acceptors (Lipinski definition) is 28. The number of benzene rings is 3. The van der Waals surface area contributed by atoms with Crippen LogP contribution < -0.4 is 15.5 Å². The van der Waals surface area contributed by atoms with Gasteiger partial charge in [-0.25, -0.2) is 44.4 Å². The number of aromatic nitrogens is 9. The highest BCUT2D eigenvalue weighted by atomic mass is 16.7. The van der Waals surface area contributed by atoms with Gasteiger partial charge in [-0.1, -0.05) is 87.2 Å². The van der Waals surface area contributed by atoms with Gasteiger partial charge in [0, 0.05) is 49.0 Å². The average molecular weight is 1810 g/mol. The lowest BCUT2D eigenvalue weighted by Crippen LogP contribution is -2.46. The lowest BCUT2D eigenvalue weighted by atomic mass is 9.87. The summed E-state index contributed by atoms with van der Waals surface area (Å²) in [7, 11) is 0. The summed E-state index contributed by atoms with van der Waals surface area (Å²) in [5.74, 6) is -1.13. The Kier molecular flexibility index (Phi) is 34.5. The number of nitrogens with one attached hydrogen (secondary N) is 2. The molecule has 4 amide bonds. The summed E-state index contributed by atoms with van der Waals surface area (Å²) in [4.78, 5) is 106. The molecule has 0 radical (unpaired) electrons. The maximum atomic E-state index is 13.2. The fourth-order valence-corrected chi connectivity index (χ4v) is 18.2. The third-order valence-corrected chi connectivity index (χ3v) is 23.6. The van der Waals surface area contributed by atoms with Crippen LogP contribution in [0.3, 0.4) is 0 Å². The molecular weight excluding hydrogens is 1670 g/mol. The van der Waals surface area contributed by atoms with Gasteiger partial charge in [-0.05, 0) is 202 Å². The number of anilines is 3. The molecule has 130 heavy (non-hydrogen) atoms. The van der Waals surface area contributed by atoms with E-state index in [4.69, 9.17) is 77.0 Å². The molecule has 4 aliphatic carbocycles. The van der Waals surface area contributed by atoms with E-state index in [9.17, 15) is 54.3 Å². The van der Waals surface area contributed by atoms with Crippen molar-refractivity contribution < 1.29 is 106 Å².